The zero-order chi connectivity index (χ0) is 16.1. The molecule has 0 saturated heterocycles. The fourth-order valence-electron chi connectivity index (χ4n) is 2.84. The van der Waals surface area contributed by atoms with Crippen molar-refractivity contribution < 1.29 is 14.7 Å². The van der Waals surface area contributed by atoms with E-state index in [0.29, 0.717) is 18.4 Å². The van der Waals surface area contributed by atoms with Gasteiger partial charge in [0, 0.05) is 20.1 Å². The number of hydrogen-bond acceptors (Lipinski definition) is 2. The van der Waals surface area contributed by atoms with E-state index in [4.69, 9.17) is 5.11 Å². The number of hydrogen-bond donors (Lipinski definition) is 2. The Bertz CT molecular complexity index is 512. The minimum absolute atomic E-state index is 0.198. The highest BCUT2D eigenvalue weighted by atomic mass is 16.4. The van der Waals surface area contributed by atoms with Crippen molar-refractivity contribution in [2.24, 2.45) is 11.8 Å². The maximum absolute atomic E-state index is 11.9. The number of nitrogens with zero attached hydrogens (tertiary/aromatic N) is 1. The van der Waals surface area contributed by atoms with Crippen LogP contribution in [-0.4, -0.2) is 42.1 Å². The summed E-state index contributed by atoms with van der Waals surface area (Å²) in [5.41, 5.74) is 1.37. The molecule has 1 aromatic carbocycles. The Morgan fingerprint density at radius 1 is 1.32 bits per heavy atom. The van der Waals surface area contributed by atoms with E-state index in [-0.39, 0.29) is 12.6 Å². The molecule has 0 bridgehead atoms. The van der Waals surface area contributed by atoms with Crippen LogP contribution in [0.15, 0.2) is 30.3 Å². The second kappa shape index (κ2) is 7.29. The Labute approximate surface area is 131 Å². The maximum Gasteiger partial charge on any atom is 0.317 e. The molecule has 0 spiro atoms. The molecule has 1 aliphatic carbocycles. The summed E-state index contributed by atoms with van der Waals surface area (Å²) in [5.74, 6) is -0.321. The van der Waals surface area contributed by atoms with Gasteiger partial charge in [-0.05, 0) is 30.2 Å². The Kier molecular flexibility index (Phi) is 5.41. The molecule has 5 heteroatoms. The van der Waals surface area contributed by atoms with Crippen LogP contribution in [0.4, 0.5) is 4.79 Å². The first-order valence-electron chi connectivity index (χ1n) is 7.74. The predicted octanol–water partition coefficient (Wildman–Crippen LogP) is 2.54. The molecule has 2 N–H and O–H groups in total. The molecule has 1 fully saturated rings. The molecule has 0 aromatic heterocycles. The first-order chi connectivity index (χ1) is 10.5. The number of urea groups is 1. The summed E-state index contributed by atoms with van der Waals surface area (Å²) in [6, 6.07) is 10.2. The second-order valence-electron chi connectivity index (χ2n) is 6.25. The molecular weight excluding hydrogens is 280 g/mol. The number of carboxylic acid groups (broad SMARTS) is 1. The van der Waals surface area contributed by atoms with Gasteiger partial charge in [-0.25, -0.2) is 4.79 Å². The zero-order valence-electron chi connectivity index (χ0n) is 13.2. The first kappa shape index (κ1) is 16.3. The Morgan fingerprint density at radius 3 is 2.55 bits per heavy atom. The number of nitrogens with one attached hydrogen (secondary N) is 1. The van der Waals surface area contributed by atoms with Gasteiger partial charge in [0.1, 0.15) is 0 Å². The standard InChI is InChI=1S/C17H24N2O3/c1-12(16(20)21)11-19(2)17(22)18-10-13-8-15(9-13)14-6-4-3-5-7-14/h3-7,12-13,15H,8-11H2,1-2H3,(H,18,22)(H,20,21). The van der Waals surface area contributed by atoms with E-state index < -0.39 is 11.9 Å². The summed E-state index contributed by atoms with van der Waals surface area (Å²) in [7, 11) is 1.63. The van der Waals surface area contributed by atoms with Gasteiger partial charge in [0.05, 0.1) is 5.92 Å². The van der Waals surface area contributed by atoms with E-state index >= 15 is 0 Å². The van der Waals surface area contributed by atoms with Crippen molar-refractivity contribution in [3.05, 3.63) is 35.9 Å². The van der Waals surface area contributed by atoms with Crippen molar-refractivity contribution >= 4 is 12.0 Å². The fraction of sp³-hybridized carbons (Fsp3) is 0.529. The van der Waals surface area contributed by atoms with Gasteiger partial charge >= 0.3 is 12.0 Å². The molecule has 0 aliphatic heterocycles. The lowest BCUT2D eigenvalue weighted by Crippen LogP contribution is -2.44. The molecule has 5 nitrogen and oxygen atoms in total. The van der Waals surface area contributed by atoms with Gasteiger partial charge in [0.2, 0.25) is 0 Å². The van der Waals surface area contributed by atoms with Gasteiger partial charge in [-0.1, -0.05) is 37.3 Å². The van der Waals surface area contributed by atoms with Crippen LogP contribution in [0.2, 0.25) is 0 Å². The predicted molar refractivity (Wildman–Crippen MR) is 84.7 cm³/mol. The molecule has 1 aliphatic rings. The Hall–Kier alpha value is -2.04. The molecule has 120 valence electrons. The highest BCUT2D eigenvalue weighted by molar-refractivity contribution is 5.75. The molecule has 1 unspecified atom stereocenters. The van der Waals surface area contributed by atoms with E-state index in [2.05, 4.69) is 29.6 Å². The smallest absolute Gasteiger partial charge is 0.317 e. The highest BCUT2D eigenvalue weighted by Crippen LogP contribution is 2.40. The number of carboxylic acids is 1. The zero-order valence-corrected chi connectivity index (χ0v) is 13.2. The van der Waals surface area contributed by atoms with Crippen LogP contribution in [0.5, 0.6) is 0 Å². The average molecular weight is 304 g/mol. The molecule has 2 rings (SSSR count). The normalized spacial score (nSPS) is 21.5. The molecule has 1 aromatic rings. The number of amides is 2. The van der Waals surface area contributed by atoms with Gasteiger partial charge in [0.25, 0.3) is 0 Å². The van der Waals surface area contributed by atoms with Gasteiger partial charge in [0.15, 0.2) is 0 Å². The van der Waals surface area contributed by atoms with Crippen LogP contribution < -0.4 is 5.32 Å². The summed E-state index contributed by atoms with van der Waals surface area (Å²) >= 11 is 0. The van der Waals surface area contributed by atoms with Crippen molar-refractivity contribution in [2.75, 3.05) is 20.1 Å². The fourth-order valence-corrected chi connectivity index (χ4v) is 2.84. The third kappa shape index (κ3) is 4.23. The third-order valence-corrected chi connectivity index (χ3v) is 4.36. The topological polar surface area (TPSA) is 69.6 Å². The number of rotatable bonds is 6. The lowest BCUT2D eigenvalue weighted by atomic mass is 9.71. The van der Waals surface area contributed by atoms with Crippen LogP contribution >= 0.6 is 0 Å². The van der Waals surface area contributed by atoms with Gasteiger partial charge in [-0.3, -0.25) is 4.79 Å². The van der Waals surface area contributed by atoms with Crippen LogP contribution in [-0.2, 0) is 4.79 Å². The Morgan fingerprint density at radius 2 is 1.95 bits per heavy atom. The lowest BCUT2D eigenvalue weighted by Gasteiger charge is -2.36. The van der Waals surface area contributed by atoms with Crippen LogP contribution in [0.3, 0.4) is 0 Å². The minimum atomic E-state index is -0.885. The van der Waals surface area contributed by atoms with Crippen molar-refractivity contribution in [1.82, 2.24) is 10.2 Å². The number of carbonyl (C=O) groups is 2. The SMILES string of the molecule is CC(CN(C)C(=O)NCC1CC(c2ccccc2)C1)C(=O)O. The minimum Gasteiger partial charge on any atom is -0.481 e. The first-order valence-corrected chi connectivity index (χ1v) is 7.74. The van der Waals surface area contributed by atoms with Crippen LogP contribution in [0.25, 0.3) is 0 Å². The second-order valence-corrected chi connectivity index (χ2v) is 6.25. The van der Waals surface area contributed by atoms with Crippen molar-refractivity contribution in [3.8, 4) is 0 Å². The average Bonchev–Trinajstić information content (AvgIpc) is 2.46. The summed E-state index contributed by atoms with van der Waals surface area (Å²) in [6.45, 7) is 2.48. The van der Waals surface area contributed by atoms with Crippen molar-refractivity contribution in [2.45, 2.75) is 25.7 Å². The summed E-state index contributed by atoms with van der Waals surface area (Å²) in [6.07, 6.45) is 2.19. The molecule has 0 radical (unpaired) electrons. The van der Waals surface area contributed by atoms with E-state index in [0.717, 1.165) is 12.8 Å². The molecule has 22 heavy (non-hydrogen) atoms. The molecule has 2 amide bonds. The van der Waals surface area contributed by atoms with Gasteiger partial charge in [-0.2, -0.15) is 0 Å². The van der Waals surface area contributed by atoms with E-state index in [1.54, 1.807) is 14.0 Å². The summed E-state index contributed by atoms with van der Waals surface area (Å²) in [5, 5.41) is 11.8. The quantitative estimate of drug-likeness (QED) is 0.848. The van der Waals surface area contributed by atoms with Crippen molar-refractivity contribution in [1.29, 1.82) is 0 Å². The third-order valence-electron chi connectivity index (χ3n) is 4.36. The monoisotopic (exact) mass is 304 g/mol. The summed E-state index contributed by atoms with van der Waals surface area (Å²) < 4.78 is 0. The molecule has 1 atom stereocenters. The summed E-state index contributed by atoms with van der Waals surface area (Å²) in [4.78, 5) is 24.1. The maximum atomic E-state index is 11.9. The number of aliphatic carboxylic acids is 1. The van der Waals surface area contributed by atoms with E-state index in [1.165, 1.54) is 10.5 Å². The lowest BCUT2D eigenvalue weighted by molar-refractivity contribution is -0.141. The molecular formula is C17H24N2O3. The largest absolute Gasteiger partial charge is 0.481 e. The van der Waals surface area contributed by atoms with Gasteiger partial charge in [-0.15, -0.1) is 0 Å². The highest BCUT2D eigenvalue weighted by Gasteiger charge is 2.30. The van der Waals surface area contributed by atoms with E-state index in [9.17, 15) is 9.59 Å². The molecule has 0 heterocycles. The van der Waals surface area contributed by atoms with Crippen molar-refractivity contribution in [3.63, 3.8) is 0 Å². The van der Waals surface area contributed by atoms with Crippen LogP contribution in [0, 0.1) is 11.8 Å². The number of benzene rings is 1. The molecule has 1 saturated carbocycles. The number of carbonyl (C=O) groups excluding carboxylic acids is 1. The van der Waals surface area contributed by atoms with E-state index in [1.807, 2.05) is 6.07 Å². The Balaban J connectivity index is 1.67. The van der Waals surface area contributed by atoms with Crippen LogP contribution in [0.1, 0.15) is 31.2 Å². The van der Waals surface area contributed by atoms with Gasteiger partial charge < -0.3 is 15.3 Å².